The van der Waals surface area contributed by atoms with E-state index in [0.29, 0.717) is 16.2 Å². The number of carboxylic acid groups (broad SMARTS) is 1. The molecule has 0 unspecified atom stereocenters. The molecule has 0 spiro atoms. The van der Waals surface area contributed by atoms with Crippen molar-refractivity contribution in [3.05, 3.63) is 22.6 Å². The second-order valence-electron chi connectivity index (χ2n) is 5.04. The molecule has 98 valence electrons. The maximum atomic E-state index is 11.9. The number of hydrogen-bond acceptors (Lipinski definition) is 4. The number of allylic oxidation sites excluding steroid dienone is 4. The zero-order valence-electron chi connectivity index (χ0n) is 10.6. The van der Waals surface area contributed by atoms with Crippen LogP contribution in [-0.2, 0) is 14.4 Å². The average Bonchev–Trinajstić information content (AvgIpc) is 2.20. The molecular weight excluding hydrogens is 252 g/mol. The number of aliphatic carboxylic acids is 1. The lowest BCUT2D eigenvalue weighted by molar-refractivity contribution is -0.136. The molecule has 0 fully saturated rings. The highest BCUT2D eigenvalue weighted by molar-refractivity contribution is 8.04. The van der Waals surface area contributed by atoms with Crippen LogP contribution in [-0.4, -0.2) is 28.4 Å². The number of thioether (sulfide) groups is 1. The molecule has 0 amide bonds. The van der Waals surface area contributed by atoms with Gasteiger partial charge in [0.25, 0.3) is 0 Å². The Morgan fingerprint density at radius 1 is 1.22 bits per heavy atom. The third-order valence-corrected chi connectivity index (χ3v) is 3.47. The number of rotatable bonds is 4. The molecule has 5 heteroatoms. The zero-order valence-corrected chi connectivity index (χ0v) is 11.5. The minimum atomic E-state index is -0.913. The predicted octanol–water partition coefficient (Wildman–Crippen LogP) is 2.20. The second-order valence-corrected chi connectivity index (χ2v) is 6.17. The van der Waals surface area contributed by atoms with Crippen molar-refractivity contribution in [3.63, 3.8) is 0 Å². The Morgan fingerprint density at radius 2 is 1.83 bits per heavy atom. The minimum Gasteiger partial charge on any atom is -0.481 e. The quantitative estimate of drug-likeness (QED) is 0.791. The van der Waals surface area contributed by atoms with E-state index in [-0.39, 0.29) is 23.4 Å². The number of carbonyl (C=O) groups is 3. The minimum absolute atomic E-state index is 0.0285. The van der Waals surface area contributed by atoms with E-state index in [9.17, 15) is 14.4 Å². The van der Waals surface area contributed by atoms with Crippen LogP contribution in [0, 0.1) is 5.41 Å². The van der Waals surface area contributed by atoms with E-state index in [1.54, 1.807) is 0 Å². The molecule has 0 bridgehead atoms. The monoisotopic (exact) mass is 268 g/mol. The molecule has 0 aromatic carbocycles. The van der Waals surface area contributed by atoms with E-state index in [0.717, 1.165) is 11.8 Å². The van der Waals surface area contributed by atoms with Gasteiger partial charge in [0.2, 0.25) is 0 Å². The number of carboxylic acids is 1. The molecule has 1 aliphatic rings. The molecule has 0 atom stereocenters. The maximum absolute atomic E-state index is 11.9. The van der Waals surface area contributed by atoms with Gasteiger partial charge in [-0.3, -0.25) is 14.4 Å². The molecule has 0 aromatic heterocycles. The van der Waals surface area contributed by atoms with Gasteiger partial charge in [-0.05, 0) is 11.5 Å². The van der Waals surface area contributed by atoms with Gasteiger partial charge in [0.05, 0.1) is 11.3 Å². The maximum Gasteiger partial charge on any atom is 0.304 e. The van der Waals surface area contributed by atoms with Crippen LogP contribution in [0.1, 0.15) is 27.2 Å². The first kappa shape index (κ1) is 14.7. The molecule has 1 rings (SSSR count). The Kier molecular flexibility index (Phi) is 4.51. The molecule has 0 saturated carbocycles. The third kappa shape index (κ3) is 3.84. The van der Waals surface area contributed by atoms with Crippen LogP contribution >= 0.6 is 11.8 Å². The van der Waals surface area contributed by atoms with E-state index in [1.165, 1.54) is 12.2 Å². The first-order chi connectivity index (χ1) is 8.21. The van der Waals surface area contributed by atoms with Gasteiger partial charge in [-0.1, -0.05) is 20.8 Å². The van der Waals surface area contributed by atoms with Crippen molar-refractivity contribution in [2.75, 3.05) is 5.75 Å². The van der Waals surface area contributed by atoms with Crippen LogP contribution in [0.5, 0.6) is 0 Å². The molecule has 1 N–H and O–H groups in total. The van der Waals surface area contributed by atoms with Gasteiger partial charge in [-0.2, -0.15) is 0 Å². The van der Waals surface area contributed by atoms with E-state index in [2.05, 4.69) is 0 Å². The fourth-order valence-corrected chi connectivity index (χ4v) is 2.38. The fraction of sp³-hybridized carbons (Fsp3) is 0.462. The summed E-state index contributed by atoms with van der Waals surface area (Å²) in [5.41, 5.74) is 0.135. The first-order valence-corrected chi connectivity index (χ1v) is 6.57. The Bertz CT molecular complexity index is 452. The Morgan fingerprint density at radius 3 is 2.33 bits per heavy atom. The van der Waals surface area contributed by atoms with Crippen molar-refractivity contribution in [1.29, 1.82) is 0 Å². The second kappa shape index (κ2) is 5.52. The van der Waals surface area contributed by atoms with Gasteiger partial charge in [-0.25, -0.2) is 0 Å². The van der Waals surface area contributed by atoms with Crippen molar-refractivity contribution in [2.24, 2.45) is 5.41 Å². The number of hydrogen-bond donors (Lipinski definition) is 1. The van der Waals surface area contributed by atoms with Gasteiger partial charge in [-0.15, -0.1) is 11.8 Å². The van der Waals surface area contributed by atoms with Crippen LogP contribution in [0.4, 0.5) is 0 Å². The van der Waals surface area contributed by atoms with Gasteiger partial charge in [0, 0.05) is 17.4 Å². The van der Waals surface area contributed by atoms with E-state index in [1.807, 2.05) is 20.8 Å². The van der Waals surface area contributed by atoms with E-state index in [4.69, 9.17) is 5.11 Å². The Labute approximate surface area is 110 Å². The Balaban J connectivity index is 2.75. The molecule has 0 aromatic rings. The lowest BCUT2D eigenvalue weighted by Crippen LogP contribution is -2.22. The van der Waals surface area contributed by atoms with Gasteiger partial charge in [0.15, 0.2) is 11.6 Å². The topological polar surface area (TPSA) is 71.4 Å². The van der Waals surface area contributed by atoms with Crippen LogP contribution in [0.25, 0.3) is 0 Å². The molecule has 0 radical (unpaired) electrons. The SMILES string of the molecule is CC(C)(C)C1=CC(=O)C(SCCC(=O)O)=CC1=O. The lowest BCUT2D eigenvalue weighted by atomic mass is 9.81. The number of ketones is 2. The van der Waals surface area contributed by atoms with Crippen molar-refractivity contribution in [3.8, 4) is 0 Å². The number of carbonyl (C=O) groups excluding carboxylic acids is 2. The van der Waals surface area contributed by atoms with E-state index < -0.39 is 5.97 Å². The van der Waals surface area contributed by atoms with Crippen molar-refractivity contribution in [1.82, 2.24) is 0 Å². The van der Waals surface area contributed by atoms with Gasteiger partial charge in [0.1, 0.15) is 0 Å². The summed E-state index contributed by atoms with van der Waals surface area (Å²) < 4.78 is 0. The summed E-state index contributed by atoms with van der Waals surface area (Å²) in [7, 11) is 0. The largest absolute Gasteiger partial charge is 0.481 e. The summed E-state index contributed by atoms with van der Waals surface area (Å²) in [5.74, 6) is -1.00. The lowest BCUT2D eigenvalue weighted by Gasteiger charge is -2.23. The highest BCUT2D eigenvalue weighted by Gasteiger charge is 2.28. The molecule has 0 heterocycles. The van der Waals surface area contributed by atoms with E-state index >= 15 is 0 Å². The van der Waals surface area contributed by atoms with Gasteiger partial charge >= 0.3 is 5.97 Å². The van der Waals surface area contributed by atoms with Crippen molar-refractivity contribution in [2.45, 2.75) is 27.2 Å². The molecule has 4 nitrogen and oxygen atoms in total. The third-order valence-electron chi connectivity index (χ3n) is 2.43. The highest BCUT2D eigenvalue weighted by atomic mass is 32.2. The van der Waals surface area contributed by atoms with Crippen LogP contribution < -0.4 is 0 Å². The molecule has 1 aliphatic carbocycles. The smallest absolute Gasteiger partial charge is 0.304 e. The molecule has 18 heavy (non-hydrogen) atoms. The zero-order chi connectivity index (χ0) is 13.9. The summed E-state index contributed by atoms with van der Waals surface area (Å²) in [6, 6.07) is 0. The normalized spacial score (nSPS) is 16.4. The van der Waals surface area contributed by atoms with Crippen LogP contribution in [0.2, 0.25) is 0 Å². The fourth-order valence-electron chi connectivity index (χ4n) is 1.49. The molecular formula is C13H16O4S. The summed E-state index contributed by atoms with van der Waals surface area (Å²) in [4.78, 5) is 34.4. The molecule has 0 aliphatic heterocycles. The Hall–Kier alpha value is -1.36. The summed E-state index contributed by atoms with van der Waals surface area (Å²) in [5, 5.41) is 8.51. The summed E-state index contributed by atoms with van der Waals surface area (Å²) >= 11 is 1.12. The van der Waals surface area contributed by atoms with Crippen molar-refractivity contribution >= 4 is 29.3 Å². The molecule has 0 saturated heterocycles. The first-order valence-electron chi connectivity index (χ1n) is 5.59. The predicted molar refractivity (Wildman–Crippen MR) is 70.3 cm³/mol. The standard InChI is InChI=1S/C13H16O4S/c1-13(2,3)8-6-10(15)11(7-9(8)14)18-5-4-12(16)17/h6-7H,4-5H2,1-3H3,(H,16,17). The summed E-state index contributed by atoms with van der Waals surface area (Å²) in [6.45, 7) is 5.63. The highest BCUT2D eigenvalue weighted by Crippen LogP contribution is 2.32. The van der Waals surface area contributed by atoms with Crippen LogP contribution in [0.15, 0.2) is 22.6 Å². The average molecular weight is 268 g/mol. The summed E-state index contributed by atoms with van der Waals surface area (Å²) in [6.07, 6.45) is 2.65. The van der Waals surface area contributed by atoms with Gasteiger partial charge < -0.3 is 5.11 Å². The van der Waals surface area contributed by atoms with Crippen LogP contribution in [0.3, 0.4) is 0 Å². The van der Waals surface area contributed by atoms with Crippen molar-refractivity contribution < 1.29 is 19.5 Å².